The monoisotopic (exact) mass is 442 g/mol. The molecule has 8 heteroatoms. The molecular formula is C24H35FN6O. The number of anilines is 1. The number of nitrogens with zero attached hydrogens (tertiary/aromatic N) is 4. The van der Waals surface area contributed by atoms with E-state index in [0.29, 0.717) is 26.3 Å². The Hall–Kier alpha value is -2.71. The lowest BCUT2D eigenvalue weighted by molar-refractivity contribution is 0.0170. The van der Waals surface area contributed by atoms with Gasteiger partial charge in [-0.2, -0.15) is 0 Å². The summed E-state index contributed by atoms with van der Waals surface area (Å²) in [6.45, 7) is 10.5. The van der Waals surface area contributed by atoms with Crippen LogP contribution in [-0.4, -0.2) is 68.8 Å². The molecule has 174 valence electrons. The van der Waals surface area contributed by atoms with E-state index in [-0.39, 0.29) is 11.9 Å². The van der Waals surface area contributed by atoms with Gasteiger partial charge in [0.05, 0.1) is 19.3 Å². The van der Waals surface area contributed by atoms with Gasteiger partial charge in [0.2, 0.25) is 0 Å². The Kier molecular flexibility index (Phi) is 9.25. The lowest BCUT2D eigenvalue weighted by Gasteiger charge is -2.35. The fourth-order valence-electron chi connectivity index (χ4n) is 3.89. The van der Waals surface area contributed by atoms with Gasteiger partial charge in [-0.15, -0.1) is 0 Å². The maximum atomic E-state index is 13.4. The first-order chi connectivity index (χ1) is 15.6. The summed E-state index contributed by atoms with van der Waals surface area (Å²) < 4.78 is 19.0. The van der Waals surface area contributed by atoms with E-state index in [1.54, 1.807) is 7.05 Å². The van der Waals surface area contributed by atoms with Crippen molar-refractivity contribution in [2.24, 2.45) is 4.99 Å². The van der Waals surface area contributed by atoms with E-state index in [1.807, 2.05) is 18.3 Å². The third-order valence-electron chi connectivity index (χ3n) is 5.78. The largest absolute Gasteiger partial charge is 0.379 e. The maximum absolute atomic E-state index is 13.4. The highest BCUT2D eigenvalue weighted by molar-refractivity contribution is 5.79. The van der Waals surface area contributed by atoms with Gasteiger partial charge in [0.15, 0.2) is 5.96 Å². The first-order valence-corrected chi connectivity index (χ1v) is 11.4. The molecule has 1 fully saturated rings. The first-order valence-electron chi connectivity index (χ1n) is 11.4. The summed E-state index contributed by atoms with van der Waals surface area (Å²) in [7, 11) is 1.76. The van der Waals surface area contributed by atoms with Gasteiger partial charge in [-0.3, -0.25) is 9.89 Å². The molecule has 2 heterocycles. The highest BCUT2D eigenvalue weighted by Gasteiger charge is 2.23. The number of aromatic nitrogens is 1. The van der Waals surface area contributed by atoms with E-state index in [9.17, 15) is 4.39 Å². The first kappa shape index (κ1) is 23.9. The molecule has 0 bridgehead atoms. The van der Waals surface area contributed by atoms with Crippen molar-refractivity contribution in [3.05, 3.63) is 59.5 Å². The van der Waals surface area contributed by atoms with Crippen molar-refractivity contribution in [1.29, 1.82) is 0 Å². The quantitative estimate of drug-likeness (QED) is 0.460. The summed E-state index contributed by atoms with van der Waals surface area (Å²) in [5.41, 5.74) is 2.17. The van der Waals surface area contributed by atoms with Crippen LogP contribution in [0.1, 0.15) is 31.0 Å². The molecule has 3 rings (SSSR count). The van der Waals surface area contributed by atoms with Crippen molar-refractivity contribution in [2.75, 3.05) is 57.9 Å². The van der Waals surface area contributed by atoms with E-state index >= 15 is 0 Å². The van der Waals surface area contributed by atoms with Crippen molar-refractivity contribution in [2.45, 2.75) is 26.4 Å². The zero-order valence-electron chi connectivity index (χ0n) is 19.4. The number of guanidine groups is 1. The van der Waals surface area contributed by atoms with Gasteiger partial charge >= 0.3 is 0 Å². The number of aliphatic imine (C=N–C) groups is 1. The molecule has 0 amide bonds. The number of morpholine rings is 1. The molecular weight excluding hydrogens is 407 g/mol. The molecule has 0 saturated carbocycles. The fraction of sp³-hybridized carbons (Fsp3) is 0.500. The van der Waals surface area contributed by atoms with Crippen molar-refractivity contribution in [3.8, 4) is 0 Å². The van der Waals surface area contributed by atoms with Gasteiger partial charge in [0.1, 0.15) is 11.6 Å². The van der Waals surface area contributed by atoms with E-state index < -0.39 is 0 Å². The minimum Gasteiger partial charge on any atom is -0.379 e. The number of ether oxygens (including phenoxy) is 1. The zero-order chi connectivity index (χ0) is 22.8. The fourth-order valence-corrected chi connectivity index (χ4v) is 3.89. The molecule has 7 nitrogen and oxygen atoms in total. The average Bonchev–Trinajstić information content (AvgIpc) is 2.84. The van der Waals surface area contributed by atoms with Crippen LogP contribution in [0.5, 0.6) is 0 Å². The molecule has 0 spiro atoms. The standard InChI is InChI=1S/C24H35FN6O/c1-4-30(5-2)23-11-6-19(16-27-23)17-28-24(26-3)29-18-22(31-12-14-32-15-13-31)20-7-9-21(25)10-8-20/h6-11,16,22H,4-5,12-15,17-18H2,1-3H3,(H2,26,28,29). The summed E-state index contributed by atoms with van der Waals surface area (Å²) in [6.07, 6.45) is 1.91. The molecule has 1 aromatic carbocycles. The predicted octanol–water partition coefficient (Wildman–Crippen LogP) is 2.81. The van der Waals surface area contributed by atoms with E-state index in [4.69, 9.17) is 4.74 Å². The van der Waals surface area contributed by atoms with E-state index in [2.05, 4.69) is 56.4 Å². The molecule has 1 unspecified atom stereocenters. The Labute approximate surface area is 190 Å². The minimum atomic E-state index is -0.222. The van der Waals surface area contributed by atoms with Gasteiger partial charge in [-0.1, -0.05) is 18.2 Å². The van der Waals surface area contributed by atoms with Gasteiger partial charge in [0, 0.05) is 52.5 Å². The van der Waals surface area contributed by atoms with Crippen LogP contribution in [0.2, 0.25) is 0 Å². The molecule has 1 saturated heterocycles. The summed E-state index contributed by atoms with van der Waals surface area (Å²) in [4.78, 5) is 13.5. The number of pyridine rings is 1. The molecule has 0 radical (unpaired) electrons. The normalized spacial score (nSPS) is 15.9. The summed E-state index contributed by atoms with van der Waals surface area (Å²) in [6, 6.07) is 11.0. The predicted molar refractivity (Wildman–Crippen MR) is 128 cm³/mol. The van der Waals surface area contributed by atoms with Crippen LogP contribution in [0.4, 0.5) is 10.2 Å². The van der Waals surface area contributed by atoms with E-state index in [0.717, 1.165) is 49.1 Å². The highest BCUT2D eigenvalue weighted by atomic mass is 19.1. The summed E-state index contributed by atoms with van der Waals surface area (Å²) >= 11 is 0. The van der Waals surface area contributed by atoms with Crippen molar-refractivity contribution >= 4 is 11.8 Å². The second-order valence-electron chi connectivity index (χ2n) is 7.72. The topological polar surface area (TPSA) is 65.0 Å². The number of hydrogen-bond acceptors (Lipinski definition) is 5. The van der Waals surface area contributed by atoms with Crippen LogP contribution in [0.25, 0.3) is 0 Å². The number of nitrogens with one attached hydrogen (secondary N) is 2. The molecule has 0 aliphatic carbocycles. The smallest absolute Gasteiger partial charge is 0.191 e. The summed E-state index contributed by atoms with van der Waals surface area (Å²) in [5, 5.41) is 6.80. The number of rotatable bonds is 9. The SMILES string of the molecule is CCN(CC)c1ccc(CNC(=NC)NCC(c2ccc(F)cc2)N2CCOCC2)cn1. The molecule has 2 N–H and O–H groups in total. The van der Waals surface area contributed by atoms with Crippen LogP contribution in [-0.2, 0) is 11.3 Å². The number of benzene rings is 1. The third-order valence-corrected chi connectivity index (χ3v) is 5.78. The van der Waals surface area contributed by atoms with Crippen LogP contribution >= 0.6 is 0 Å². The Morgan fingerprint density at radius 1 is 1.12 bits per heavy atom. The molecule has 1 aromatic heterocycles. The highest BCUT2D eigenvalue weighted by Crippen LogP contribution is 2.21. The van der Waals surface area contributed by atoms with Crippen LogP contribution < -0.4 is 15.5 Å². The molecule has 32 heavy (non-hydrogen) atoms. The second-order valence-corrected chi connectivity index (χ2v) is 7.72. The molecule has 1 aliphatic rings. The van der Waals surface area contributed by atoms with Gasteiger partial charge in [0.25, 0.3) is 0 Å². The number of hydrogen-bond donors (Lipinski definition) is 2. The van der Waals surface area contributed by atoms with Crippen LogP contribution in [0.15, 0.2) is 47.6 Å². The van der Waals surface area contributed by atoms with Crippen molar-refractivity contribution in [3.63, 3.8) is 0 Å². The van der Waals surface area contributed by atoms with Gasteiger partial charge < -0.3 is 20.3 Å². The lowest BCUT2D eigenvalue weighted by atomic mass is 10.0. The summed E-state index contributed by atoms with van der Waals surface area (Å²) in [5.74, 6) is 1.49. The van der Waals surface area contributed by atoms with Crippen molar-refractivity contribution < 1.29 is 9.13 Å². The molecule has 2 aromatic rings. The maximum Gasteiger partial charge on any atom is 0.191 e. The number of halogens is 1. The molecule has 1 atom stereocenters. The minimum absolute atomic E-state index is 0.105. The van der Waals surface area contributed by atoms with Crippen LogP contribution in [0.3, 0.4) is 0 Å². The van der Waals surface area contributed by atoms with Crippen LogP contribution in [0, 0.1) is 5.82 Å². The second kappa shape index (κ2) is 12.4. The Morgan fingerprint density at radius 2 is 1.84 bits per heavy atom. The van der Waals surface area contributed by atoms with E-state index in [1.165, 1.54) is 12.1 Å². The van der Waals surface area contributed by atoms with Gasteiger partial charge in [-0.25, -0.2) is 9.37 Å². The zero-order valence-corrected chi connectivity index (χ0v) is 19.4. The Balaban J connectivity index is 1.58. The molecule has 1 aliphatic heterocycles. The Morgan fingerprint density at radius 3 is 2.44 bits per heavy atom. The average molecular weight is 443 g/mol. The van der Waals surface area contributed by atoms with Gasteiger partial charge in [-0.05, 0) is 43.2 Å². The Bertz CT molecular complexity index is 833. The third kappa shape index (κ3) is 6.64. The van der Waals surface area contributed by atoms with Crippen molar-refractivity contribution in [1.82, 2.24) is 20.5 Å². The lowest BCUT2D eigenvalue weighted by Crippen LogP contribution is -2.46.